The van der Waals surface area contributed by atoms with Crippen LogP contribution >= 0.6 is 0 Å². The highest BCUT2D eigenvalue weighted by Crippen LogP contribution is 1.95. The molecule has 1 heterocycles. The van der Waals surface area contributed by atoms with Gasteiger partial charge in [-0.05, 0) is 18.5 Å². The zero-order valence-electron chi connectivity index (χ0n) is 9.31. The minimum atomic E-state index is -0.427. The van der Waals surface area contributed by atoms with Gasteiger partial charge in [-0.25, -0.2) is 0 Å². The lowest BCUT2D eigenvalue weighted by Crippen LogP contribution is -2.31. The average Bonchev–Trinajstić information content (AvgIpc) is 2.60. The van der Waals surface area contributed by atoms with Crippen molar-refractivity contribution in [2.45, 2.75) is 12.5 Å². The molecular weight excluding hydrogens is 194 g/mol. The fraction of sp³-hybridized carbons (Fsp3) is 0.700. The van der Waals surface area contributed by atoms with Crippen LogP contribution in [-0.2, 0) is 18.2 Å². The summed E-state index contributed by atoms with van der Waals surface area (Å²) < 4.78 is 6.61. The second kappa shape index (κ2) is 6.55. The van der Waals surface area contributed by atoms with Crippen molar-refractivity contribution in [2.75, 3.05) is 26.8 Å². The van der Waals surface area contributed by atoms with Crippen molar-refractivity contribution in [1.82, 2.24) is 15.1 Å². The van der Waals surface area contributed by atoms with Crippen LogP contribution in [0.25, 0.3) is 0 Å². The van der Waals surface area contributed by atoms with Crippen LogP contribution in [0, 0.1) is 0 Å². The molecule has 1 rings (SSSR count). The summed E-state index contributed by atoms with van der Waals surface area (Å²) in [6.45, 7) is 1.78. The molecule has 86 valence electrons. The van der Waals surface area contributed by atoms with E-state index in [0.717, 1.165) is 13.0 Å². The smallest absolute Gasteiger partial charge is 0.0897 e. The van der Waals surface area contributed by atoms with E-state index >= 15 is 0 Å². The summed E-state index contributed by atoms with van der Waals surface area (Å²) in [5.74, 6) is 0. The molecule has 0 fully saturated rings. The second-order valence-electron chi connectivity index (χ2n) is 3.59. The Hall–Kier alpha value is -0.910. The van der Waals surface area contributed by atoms with Crippen LogP contribution in [-0.4, -0.2) is 47.8 Å². The monoisotopic (exact) mass is 213 g/mol. The standard InChI is InChI=1S/C10H19N3O2/c1-13-7-9(5-12-13)3-4-11-6-10(14)8-15-2/h5,7,10-11,14H,3-4,6,8H2,1-2H3. The summed E-state index contributed by atoms with van der Waals surface area (Å²) in [5.41, 5.74) is 1.20. The molecule has 1 unspecified atom stereocenters. The van der Waals surface area contributed by atoms with Gasteiger partial charge in [0.2, 0.25) is 0 Å². The van der Waals surface area contributed by atoms with E-state index in [-0.39, 0.29) is 0 Å². The van der Waals surface area contributed by atoms with E-state index < -0.39 is 6.10 Å². The van der Waals surface area contributed by atoms with Gasteiger partial charge >= 0.3 is 0 Å². The molecule has 5 heteroatoms. The maximum absolute atomic E-state index is 9.35. The van der Waals surface area contributed by atoms with E-state index in [0.29, 0.717) is 13.2 Å². The SMILES string of the molecule is COCC(O)CNCCc1cnn(C)c1. The molecule has 15 heavy (non-hydrogen) atoms. The van der Waals surface area contributed by atoms with Crippen LogP contribution in [0.15, 0.2) is 12.4 Å². The largest absolute Gasteiger partial charge is 0.389 e. The van der Waals surface area contributed by atoms with Gasteiger partial charge in [-0.1, -0.05) is 0 Å². The maximum atomic E-state index is 9.35. The van der Waals surface area contributed by atoms with Crippen LogP contribution in [0.1, 0.15) is 5.56 Å². The van der Waals surface area contributed by atoms with Gasteiger partial charge in [0, 0.05) is 26.9 Å². The lowest BCUT2D eigenvalue weighted by atomic mass is 10.2. The molecule has 0 aliphatic carbocycles. The van der Waals surface area contributed by atoms with Crippen LogP contribution in [0.5, 0.6) is 0 Å². The number of ether oxygens (including phenoxy) is 1. The lowest BCUT2D eigenvalue weighted by Gasteiger charge is -2.09. The van der Waals surface area contributed by atoms with E-state index in [2.05, 4.69) is 10.4 Å². The van der Waals surface area contributed by atoms with Gasteiger partial charge in [0.25, 0.3) is 0 Å². The normalized spacial score (nSPS) is 13.0. The Morgan fingerprint density at radius 2 is 2.47 bits per heavy atom. The summed E-state index contributed by atoms with van der Waals surface area (Å²) in [4.78, 5) is 0. The number of aryl methyl sites for hydroxylation is 1. The van der Waals surface area contributed by atoms with Crippen molar-refractivity contribution < 1.29 is 9.84 Å². The molecule has 0 amide bonds. The number of aliphatic hydroxyl groups excluding tert-OH is 1. The third kappa shape index (κ3) is 4.92. The Bertz CT molecular complexity index is 275. The van der Waals surface area contributed by atoms with Gasteiger partial charge in [0.05, 0.1) is 18.9 Å². The molecule has 0 saturated heterocycles. The molecule has 0 aliphatic rings. The molecule has 0 bridgehead atoms. The summed E-state index contributed by atoms with van der Waals surface area (Å²) in [6.07, 6.45) is 4.34. The summed E-state index contributed by atoms with van der Waals surface area (Å²) in [5, 5.41) is 16.6. The van der Waals surface area contributed by atoms with Crippen LogP contribution in [0.3, 0.4) is 0 Å². The predicted molar refractivity (Wildman–Crippen MR) is 57.7 cm³/mol. The topological polar surface area (TPSA) is 59.3 Å². The molecule has 1 atom stereocenters. The van der Waals surface area contributed by atoms with Gasteiger partial charge in [-0.2, -0.15) is 5.10 Å². The van der Waals surface area contributed by atoms with Gasteiger partial charge in [0.1, 0.15) is 0 Å². The Labute approximate surface area is 90.1 Å². The Morgan fingerprint density at radius 3 is 3.07 bits per heavy atom. The Kier molecular flexibility index (Phi) is 5.31. The van der Waals surface area contributed by atoms with Crippen LogP contribution in [0.4, 0.5) is 0 Å². The van der Waals surface area contributed by atoms with Crippen LogP contribution in [0.2, 0.25) is 0 Å². The molecule has 5 nitrogen and oxygen atoms in total. The van der Waals surface area contributed by atoms with Gasteiger partial charge in [0.15, 0.2) is 0 Å². The molecule has 0 spiro atoms. The minimum absolute atomic E-state index is 0.375. The molecule has 1 aromatic heterocycles. The van der Waals surface area contributed by atoms with E-state index in [1.807, 2.05) is 19.4 Å². The summed E-state index contributed by atoms with van der Waals surface area (Å²) in [6, 6.07) is 0. The fourth-order valence-corrected chi connectivity index (χ4v) is 1.35. The first kappa shape index (κ1) is 12.2. The zero-order chi connectivity index (χ0) is 11.1. The van der Waals surface area contributed by atoms with E-state index in [4.69, 9.17) is 4.74 Å². The van der Waals surface area contributed by atoms with Crippen molar-refractivity contribution in [3.05, 3.63) is 18.0 Å². The first-order valence-corrected chi connectivity index (χ1v) is 5.07. The number of methoxy groups -OCH3 is 1. The average molecular weight is 213 g/mol. The Balaban J connectivity index is 2.06. The summed E-state index contributed by atoms with van der Waals surface area (Å²) in [7, 11) is 3.48. The number of aromatic nitrogens is 2. The third-order valence-electron chi connectivity index (χ3n) is 2.09. The van der Waals surface area contributed by atoms with Crippen molar-refractivity contribution >= 4 is 0 Å². The number of nitrogens with zero attached hydrogens (tertiary/aromatic N) is 2. The Morgan fingerprint density at radius 1 is 1.67 bits per heavy atom. The zero-order valence-corrected chi connectivity index (χ0v) is 9.31. The molecule has 2 N–H and O–H groups in total. The van der Waals surface area contributed by atoms with Crippen molar-refractivity contribution in [1.29, 1.82) is 0 Å². The third-order valence-corrected chi connectivity index (χ3v) is 2.09. The second-order valence-corrected chi connectivity index (χ2v) is 3.59. The molecule has 0 aliphatic heterocycles. The minimum Gasteiger partial charge on any atom is -0.389 e. The number of rotatable bonds is 7. The highest BCUT2D eigenvalue weighted by atomic mass is 16.5. The summed E-state index contributed by atoms with van der Waals surface area (Å²) >= 11 is 0. The number of hydrogen-bond donors (Lipinski definition) is 2. The fourth-order valence-electron chi connectivity index (χ4n) is 1.35. The van der Waals surface area contributed by atoms with Gasteiger partial charge in [-0.15, -0.1) is 0 Å². The molecule has 0 radical (unpaired) electrons. The van der Waals surface area contributed by atoms with Gasteiger partial charge < -0.3 is 15.2 Å². The van der Waals surface area contributed by atoms with E-state index in [9.17, 15) is 5.11 Å². The maximum Gasteiger partial charge on any atom is 0.0897 e. The van der Waals surface area contributed by atoms with E-state index in [1.165, 1.54) is 5.56 Å². The number of hydrogen-bond acceptors (Lipinski definition) is 4. The van der Waals surface area contributed by atoms with Crippen molar-refractivity contribution in [3.8, 4) is 0 Å². The molecule has 0 aromatic carbocycles. The first-order chi connectivity index (χ1) is 7.22. The van der Waals surface area contributed by atoms with Crippen molar-refractivity contribution in [3.63, 3.8) is 0 Å². The highest BCUT2D eigenvalue weighted by Gasteiger charge is 2.02. The predicted octanol–water partition coefficient (Wildman–Crippen LogP) is -0.440. The number of aliphatic hydroxyl groups is 1. The highest BCUT2D eigenvalue weighted by molar-refractivity contribution is 5.03. The molecular formula is C10H19N3O2. The molecule has 1 aromatic rings. The quantitative estimate of drug-likeness (QED) is 0.603. The first-order valence-electron chi connectivity index (χ1n) is 5.07. The van der Waals surface area contributed by atoms with Crippen LogP contribution < -0.4 is 5.32 Å². The van der Waals surface area contributed by atoms with Crippen molar-refractivity contribution in [2.24, 2.45) is 7.05 Å². The van der Waals surface area contributed by atoms with E-state index in [1.54, 1.807) is 11.8 Å². The van der Waals surface area contributed by atoms with Gasteiger partial charge in [-0.3, -0.25) is 4.68 Å². The lowest BCUT2D eigenvalue weighted by molar-refractivity contribution is 0.0648. The molecule has 0 saturated carbocycles. The number of nitrogens with one attached hydrogen (secondary N) is 1.